The van der Waals surface area contributed by atoms with E-state index in [1.54, 1.807) is 0 Å². The van der Waals surface area contributed by atoms with Crippen LogP contribution >= 0.6 is 0 Å². The van der Waals surface area contributed by atoms with E-state index in [-0.39, 0.29) is 11.4 Å². The number of methoxy groups -OCH3 is 1. The van der Waals surface area contributed by atoms with E-state index in [0.29, 0.717) is 18.4 Å². The van der Waals surface area contributed by atoms with Gasteiger partial charge in [-0.3, -0.25) is 10.1 Å². The Hall–Kier alpha value is -1.69. The minimum absolute atomic E-state index is 0.0185. The summed E-state index contributed by atoms with van der Waals surface area (Å²) in [6.07, 6.45) is 3.24. The fourth-order valence-electron chi connectivity index (χ4n) is 2.54. The van der Waals surface area contributed by atoms with Crippen LogP contribution in [0.2, 0.25) is 0 Å². The maximum atomic E-state index is 13.8. The number of benzene rings is 1. The first-order valence-corrected chi connectivity index (χ1v) is 5.79. The van der Waals surface area contributed by atoms with E-state index in [1.807, 2.05) is 0 Å². The Kier molecular flexibility index (Phi) is 3.21. The number of hydrogen-bond acceptors (Lipinski definition) is 4. The van der Waals surface area contributed by atoms with Gasteiger partial charge in [-0.2, -0.15) is 0 Å². The lowest BCUT2D eigenvalue weighted by Gasteiger charge is -2.26. The zero-order valence-corrected chi connectivity index (χ0v) is 10.1. The summed E-state index contributed by atoms with van der Waals surface area (Å²) in [6.45, 7) is 0. The molecule has 6 heteroatoms. The molecule has 0 spiro atoms. The number of ether oxygens (including phenoxy) is 1. The van der Waals surface area contributed by atoms with Crippen molar-refractivity contribution in [2.24, 2.45) is 5.73 Å². The first-order valence-electron chi connectivity index (χ1n) is 5.79. The van der Waals surface area contributed by atoms with Crippen LogP contribution in [-0.2, 0) is 5.54 Å². The van der Waals surface area contributed by atoms with E-state index in [2.05, 4.69) is 0 Å². The number of nitro benzene ring substituents is 1. The van der Waals surface area contributed by atoms with Gasteiger partial charge in [-0.15, -0.1) is 0 Å². The molecule has 0 bridgehead atoms. The van der Waals surface area contributed by atoms with E-state index in [1.165, 1.54) is 13.2 Å². The lowest BCUT2D eigenvalue weighted by molar-refractivity contribution is -0.385. The number of nitrogens with two attached hydrogens (primary N) is 1. The summed E-state index contributed by atoms with van der Waals surface area (Å²) >= 11 is 0. The molecule has 98 valence electrons. The van der Waals surface area contributed by atoms with E-state index >= 15 is 0 Å². The smallest absolute Gasteiger partial charge is 0.272 e. The van der Waals surface area contributed by atoms with E-state index in [4.69, 9.17) is 10.5 Å². The quantitative estimate of drug-likeness (QED) is 0.663. The van der Waals surface area contributed by atoms with Gasteiger partial charge < -0.3 is 10.5 Å². The summed E-state index contributed by atoms with van der Waals surface area (Å²) in [6, 6.07) is 2.19. The van der Waals surface area contributed by atoms with Gasteiger partial charge in [0.25, 0.3) is 5.69 Å². The third kappa shape index (κ3) is 2.03. The van der Waals surface area contributed by atoms with Gasteiger partial charge in [0.05, 0.1) is 18.1 Å². The molecule has 2 N–H and O–H groups in total. The van der Waals surface area contributed by atoms with Crippen LogP contribution in [-0.4, -0.2) is 12.0 Å². The average molecular weight is 254 g/mol. The molecule has 0 unspecified atom stereocenters. The number of nitrogens with zero attached hydrogens (tertiary/aromatic N) is 1. The zero-order valence-electron chi connectivity index (χ0n) is 10.1. The molecule has 0 saturated heterocycles. The Morgan fingerprint density at radius 2 is 2.06 bits per heavy atom. The lowest BCUT2D eigenvalue weighted by atomic mass is 9.88. The number of halogens is 1. The summed E-state index contributed by atoms with van der Waals surface area (Å²) < 4.78 is 18.8. The van der Waals surface area contributed by atoms with Gasteiger partial charge in [-0.05, 0) is 12.8 Å². The van der Waals surface area contributed by atoms with Crippen LogP contribution in [0, 0.1) is 15.9 Å². The molecule has 1 aliphatic carbocycles. The van der Waals surface area contributed by atoms with Crippen LogP contribution in [0.1, 0.15) is 31.2 Å². The Labute approximate surface area is 104 Å². The summed E-state index contributed by atoms with van der Waals surface area (Å²) in [5, 5.41) is 10.8. The molecular weight excluding hydrogens is 239 g/mol. The van der Waals surface area contributed by atoms with Gasteiger partial charge in [0.2, 0.25) is 0 Å². The van der Waals surface area contributed by atoms with Crippen molar-refractivity contribution in [1.82, 2.24) is 0 Å². The van der Waals surface area contributed by atoms with Crippen molar-refractivity contribution in [3.63, 3.8) is 0 Å². The molecule has 0 amide bonds. The molecule has 1 fully saturated rings. The molecule has 0 aromatic heterocycles. The highest BCUT2D eigenvalue weighted by atomic mass is 19.1. The number of nitro groups is 1. The molecule has 1 aliphatic rings. The molecule has 1 aromatic rings. The largest absolute Gasteiger partial charge is 0.493 e. The first kappa shape index (κ1) is 12.8. The minimum Gasteiger partial charge on any atom is -0.493 e. The SMILES string of the molecule is COc1c(F)cc([N+](=O)[O-])cc1C1(N)CCCC1. The molecule has 0 atom stereocenters. The summed E-state index contributed by atoms with van der Waals surface area (Å²) in [5.74, 6) is -0.719. The fourth-order valence-corrected chi connectivity index (χ4v) is 2.54. The molecule has 1 aromatic carbocycles. The Balaban J connectivity index is 2.59. The van der Waals surface area contributed by atoms with Crippen molar-refractivity contribution < 1.29 is 14.1 Å². The third-order valence-electron chi connectivity index (χ3n) is 3.48. The minimum atomic E-state index is -0.738. The molecular formula is C12H15FN2O3. The van der Waals surface area contributed by atoms with Crippen LogP contribution in [0.5, 0.6) is 5.75 Å². The van der Waals surface area contributed by atoms with Crippen molar-refractivity contribution in [2.45, 2.75) is 31.2 Å². The van der Waals surface area contributed by atoms with E-state index in [0.717, 1.165) is 18.9 Å². The van der Waals surface area contributed by atoms with Crippen LogP contribution in [0.3, 0.4) is 0 Å². The van der Waals surface area contributed by atoms with Crippen LogP contribution in [0.4, 0.5) is 10.1 Å². The first-order chi connectivity index (χ1) is 8.48. The van der Waals surface area contributed by atoms with Gasteiger partial charge in [0.1, 0.15) is 0 Å². The van der Waals surface area contributed by atoms with Gasteiger partial charge in [0.15, 0.2) is 11.6 Å². The fraction of sp³-hybridized carbons (Fsp3) is 0.500. The highest BCUT2D eigenvalue weighted by Crippen LogP contribution is 2.43. The Morgan fingerprint density at radius 3 is 2.56 bits per heavy atom. The molecule has 5 nitrogen and oxygen atoms in total. The second-order valence-corrected chi connectivity index (χ2v) is 4.63. The lowest BCUT2D eigenvalue weighted by Crippen LogP contribution is -2.33. The molecule has 0 radical (unpaired) electrons. The van der Waals surface area contributed by atoms with Crippen molar-refractivity contribution >= 4 is 5.69 Å². The van der Waals surface area contributed by atoms with Crippen LogP contribution in [0.15, 0.2) is 12.1 Å². The Bertz CT molecular complexity index is 484. The average Bonchev–Trinajstić information content (AvgIpc) is 2.76. The Morgan fingerprint density at radius 1 is 1.44 bits per heavy atom. The van der Waals surface area contributed by atoms with Gasteiger partial charge in [-0.1, -0.05) is 12.8 Å². The highest BCUT2D eigenvalue weighted by molar-refractivity contribution is 5.48. The normalized spacial score (nSPS) is 17.7. The van der Waals surface area contributed by atoms with Crippen LogP contribution < -0.4 is 10.5 Å². The second kappa shape index (κ2) is 4.53. The predicted octanol–water partition coefficient (Wildman–Crippen LogP) is 2.47. The molecule has 18 heavy (non-hydrogen) atoms. The highest BCUT2D eigenvalue weighted by Gasteiger charge is 2.36. The molecule has 0 heterocycles. The summed E-state index contributed by atoms with van der Waals surface area (Å²) in [5.41, 5.74) is 5.61. The van der Waals surface area contributed by atoms with Crippen molar-refractivity contribution in [1.29, 1.82) is 0 Å². The van der Waals surface area contributed by atoms with Gasteiger partial charge in [-0.25, -0.2) is 4.39 Å². The van der Waals surface area contributed by atoms with Gasteiger partial charge >= 0.3 is 0 Å². The maximum absolute atomic E-state index is 13.8. The monoisotopic (exact) mass is 254 g/mol. The summed E-state index contributed by atoms with van der Waals surface area (Å²) in [4.78, 5) is 10.2. The number of hydrogen-bond donors (Lipinski definition) is 1. The second-order valence-electron chi connectivity index (χ2n) is 4.63. The van der Waals surface area contributed by atoms with E-state index < -0.39 is 16.3 Å². The third-order valence-corrected chi connectivity index (χ3v) is 3.48. The van der Waals surface area contributed by atoms with Crippen LogP contribution in [0.25, 0.3) is 0 Å². The van der Waals surface area contributed by atoms with Gasteiger partial charge in [0, 0.05) is 17.2 Å². The van der Waals surface area contributed by atoms with Crippen molar-refractivity contribution in [3.8, 4) is 5.75 Å². The maximum Gasteiger partial charge on any atom is 0.272 e. The van der Waals surface area contributed by atoms with E-state index in [9.17, 15) is 14.5 Å². The molecule has 2 rings (SSSR count). The number of rotatable bonds is 3. The van der Waals surface area contributed by atoms with Crippen molar-refractivity contribution in [3.05, 3.63) is 33.6 Å². The topological polar surface area (TPSA) is 78.4 Å². The number of non-ortho nitro benzene ring substituents is 1. The summed E-state index contributed by atoms with van der Waals surface area (Å²) in [7, 11) is 1.34. The standard InChI is InChI=1S/C12H15FN2O3/c1-18-11-9(12(14)4-2-3-5-12)6-8(15(16)17)7-10(11)13/h6-7H,2-5,14H2,1H3. The predicted molar refractivity (Wildman–Crippen MR) is 63.9 cm³/mol. The molecule has 1 saturated carbocycles. The zero-order chi connectivity index (χ0) is 13.3. The van der Waals surface area contributed by atoms with Crippen molar-refractivity contribution in [2.75, 3.05) is 7.11 Å². The molecule has 0 aliphatic heterocycles.